The molecule has 1 unspecified atom stereocenters. The molecule has 104 valence electrons. The van der Waals surface area contributed by atoms with Gasteiger partial charge in [-0.05, 0) is 18.1 Å². The van der Waals surface area contributed by atoms with Crippen molar-refractivity contribution in [1.29, 1.82) is 0 Å². The quantitative estimate of drug-likeness (QED) is 0.757. The van der Waals surface area contributed by atoms with Gasteiger partial charge in [0.2, 0.25) is 5.88 Å². The smallest absolute Gasteiger partial charge is 0.313 e. The maximum absolute atomic E-state index is 12.6. The molecule has 6 heteroatoms. The summed E-state index contributed by atoms with van der Waals surface area (Å²) in [5, 5.41) is 0.454. The molecule has 0 radical (unpaired) electrons. The number of halogens is 1. The van der Waals surface area contributed by atoms with Crippen molar-refractivity contribution in [2.24, 2.45) is 5.92 Å². The van der Waals surface area contributed by atoms with Gasteiger partial charge in [-0.15, -0.1) is 0 Å². The Hall–Kier alpha value is -1.88. The number of hydrogen-bond acceptors (Lipinski definition) is 4. The predicted octanol–water partition coefficient (Wildman–Crippen LogP) is 2.40. The summed E-state index contributed by atoms with van der Waals surface area (Å²) < 4.78 is 6.53. The molecule has 2 aromatic heterocycles. The summed E-state index contributed by atoms with van der Waals surface area (Å²) in [6, 6.07) is 3.26. The summed E-state index contributed by atoms with van der Waals surface area (Å²) >= 11 is 5.92. The zero-order chi connectivity index (χ0) is 14.4. The highest BCUT2D eigenvalue weighted by atomic mass is 35.5. The van der Waals surface area contributed by atoms with Gasteiger partial charge >= 0.3 is 5.97 Å². The summed E-state index contributed by atoms with van der Waals surface area (Å²) in [7, 11) is 0. The van der Waals surface area contributed by atoms with Gasteiger partial charge in [-0.3, -0.25) is 14.0 Å². The Kier molecular flexibility index (Phi) is 3.01. The first-order valence-corrected chi connectivity index (χ1v) is 6.77. The fourth-order valence-electron chi connectivity index (χ4n) is 2.50. The van der Waals surface area contributed by atoms with Crippen LogP contribution in [-0.2, 0) is 4.79 Å². The first-order chi connectivity index (χ1) is 9.47. The van der Waals surface area contributed by atoms with Gasteiger partial charge < -0.3 is 4.74 Å². The summed E-state index contributed by atoms with van der Waals surface area (Å²) in [6.45, 7) is 3.94. The number of ether oxygens (including phenoxy) is 1. The number of carbonyl (C=O) groups is 1. The first-order valence-electron chi connectivity index (χ1n) is 6.40. The zero-order valence-corrected chi connectivity index (χ0v) is 11.8. The SMILES string of the molecule is CC(C)C1CC(=O)Oc2nc3ccc(Cl)cn3c(=O)c21. The third-order valence-electron chi connectivity index (χ3n) is 3.56. The molecule has 1 aliphatic heterocycles. The van der Waals surface area contributed by atoms with E-state index in [1.54, 1.807) is 12.1 Å². The van der Waals surface area contributed by atoms with Crippen molar-refractivity contribution < 1.29 is 9.53 Å². The van der Waals surface area contributed by atoms with Crippen molar-refractivity contribution in [2.75, 3.05) is 0 Å². The minimum atomic E-state index is -0.346. The lowest BCUT2D eigenvalue weighted by molar-refractivity contribution is -0.136. The lowest BCUT2D eigenvalue weighted by Crippen LogP contribution is -2.32. The van der Waals surface area contributed by atoms with Crippen molar-refractivity contribution in [2.45, 2.75) is 26.2 Å². The van der Waals surface area contributed by atoms with E-state index >= 15 is 0 Å². The van der Waals surface area contributed by atoms with Crippen LogP contribution in [0, 0.1) is 5.92 Å². The summed E-state index contributed by atoms with van der Waals surface area (Å²) in [6.07, 6.45) is 1.73. The number of esters is 1. The second-order valence-corrected chi connectivity index (χ2v) is 5.68. The molecule has 2 aromatic rings. The lowest BCUT2D eigenvalue weighted by atomic mass is 9.85. The van der Waals surface area contributed by atoms with Crippen LogP contribution >= 0.6 is 11.6 Å². The van der Waals surface area contributed by atoms with Gasteiger partial charge in [-0.25, -0.2) is 0 Å². The predicted molar refractivity (Wildman–Crippen MR) is 74.3 cm³/mol. The maximum atomic E-state index is 12.6. The van der Waals surface area contributed by atoms with Crippen LogP contribution in [0.4, 0.5) is 0 Å². The van der Waals surface area contributed by atoms with Crippen molar-refractivity contribution in [3.8, 4) is 5.88 Å². The van der Waals surface area contributed by atoms with Crippen LogP contribution in [0.1, 0.15) is 31.7 Å². The molecule has 0 bridgehead atoms. The van der Waals surface area contributed by atoms with Gasteiger partial charge in [-0.1, -0.05) is 25.4 Å². The van der Waals surface area contributed by atoms with E-state index in [1.807, 2.05) is 13.8 Å². The molecule has 0 N–H and O–H groups in total. The maximum Gasteiger partial charge on any atom is 0.313 e. The molecule has 0 saturated heterocycles. The standard InChI is InChI=1S/C14H13ClN2O3/c1-7(2)9-5-11(18)20-13-12(9)14(19)17-6-8(15)3-4-10(17)16-13/h3-4,6-7,9H,5H2,1-2H3. The molecule has 0 aliphatic carbocycles. The molecule has 1 aliphatic rings. The monoisotopic (exact) mass is 292 g/mol. The highest BCUT2D eigenvalue weighted by Gasteiger charge is 2.33. The number of hydrogen-bond donors (Lipinski definition) is 0. The number of carbonyl (C=O) groups excluding carboxylic acids is 1. The minimum absolute atomic E-state index is 0.132. The molecule has 20 heavy (non-hydrogen) atoms. The Bertz CT molecular complexity index is 767. The average Bonchev–Trinajstić information content (AvgIpc) is 2.38. The Morgan fingerprint density at radius 3 is 2.85 bits per heavy atom. The molecule has 0 amide bonds. The molecule has 0 saturated carbocycles. The summed E-state index contributed by atoms with van der Waals surface area (Å²) in [5.74, 6) is -0.246. The van der Waals surface area contributed by atoms with Crippen molar-refractivity contribution in [3.05, 3.63) is 39.3 Å². The van der Waals surface area contributed by atoms with E-state index in [0.29, 0.717) is 16.2 Å². The second kappa shape index (κ2) is 4.59. The van der Waals surface area contributed by atoms with E-state index in [4.69, 9.17) is 16.3 Å². The molecular weight excluding hydrogens is 280 g/mol. The van der Waals surface area contributed by atoms with Gasteiger partial charge in [0.25, 0.3) is 5.56 Å². The van der Waals surface area contributed by atoms with Crippen molar-refractivity contribution >= 4 is 23.2 Å². The van der Waals surface area contributed by atoms with E-state index in [2.05, 4.69) is 4.98 Å². The molecule has 3 heterocycles. The third kappa shape index (κ3) is 1.98. The number of rotatable bonds is 1. The molecule has 0 fully saturated rings. The molecule has 3 rings (SSSR count). The molecular formula is C14H13ClN2O3. The van der Waals surface area contributed by atoms with Crippen LogP contribution in [0.3, 0.4) is 0 Å². The summed E-state index contributed by atoms with van der Waals surface area (Å²) in [5.41, 5.74) is 0.647. The van der Waals surface area contributed by atoms with Crippen LogP contribution < -0.4 is 10.3 Å². The van der Waals surface area contributed by atoms with Crippen LogP contribution in [-0.4, -0.2) is 15.4 Å². The molecule has 5 nitrogen and oxygen atoms in total. The highest BCUT2D eigenvalue weighted by Crippen LogP contribution is 2.35. The Morgan fingerprint density at radius 2 is 2.15 bits per heavy atom. The third-order valence-corrected chi connectivity index (χ3v) is 3.78. The average molecular weight is 293 g/mol. The highest BCUT2D eigenvalue weighted by molar-refractivity contribution is 6.30. The Labute approximate surface area is 120 Å². The van der Waals surface area contributed by atoms with E-state index in [-0.39, 0.29) is 35.7 Å². The number of pyridine rings is 1. The fourth-order valence-corrected chi connectivity index (χ4v) is 2.66. The topological polar surface area (TPSA) is 60.7 Å². The van der Waals surface area contributed by atoms with Crippen LogP contribution in [0.25, 0.3) is 5.65 Å². The van der Waals surface area contributed by atoms with E-state index in [1.165, 1.54) is 10.6 Å². The van der Waals surface area contributed by atoms with Crippen LogP contribution in [0.5, 0.6) is 5.88 Å². The van der Waals surface area contributed by atoms with Gasteiger partial charge in [0.1, 0.15) is 5.65 Å². The summed E-state index contributed by atoms with van der Waals surface area (Å²) in [4.78, 5) is 28.5. The van der Waals surface area contributed by atoms with Crippen LogP contribution in [0.15, 0.2) is 23.1 Å². The Morgan fingerprint density at radius 1 is 1.40 bits per heavy atom. The second-order valence-electron chi connectivity index (χ2n) is 5.24. The van der Waals surface area contributed by atoms with E-state index in [0.717, 1.165) is 0 Å². The van der Waals surface area contributed by atoms with Gasteiger partial charge in [-0.2, -0.15) is 4.98 Å². The van der Waals surface area contributed by atoms with Gasteiger partial charge in [0.05, 0.1) is 17.0 Å². The largest absolute Gasteiger partial charge is 0.407 e. The minimum Gasteiger partial charge on any atom is -0.407 e. The van der Waals surface area contributed by atoms with Crippen molar-refractivity contribution in [3.63, 3.8) is 0 Å². The Balaban J connectivity index is 2.35. The van der Waals surface area contributed by atoms with E-state index in [9.17, 15) is 9.59 Å². The zero-order valence-electron chi connectivity index (χ0n) is 11.1. The van der Waals surface area contributed by atoms with Crippen LogP contribution in [0.2, 0.25) is 5.02 Å². The van der Waals surface area contributed by atoms with E-state index < -0.39 is 0 Å². The molecule has 1 atom stereocenters. The molecule has 0 aromatic carbocycles. The molecule has 0 spiro atoms. The number of nitrogens with zero attached hydrogens (tertiary/aromatic N) is 2. The number of aromatic nitrogens is 2. The van der Waals surface area contributed by atoms with Gasteiger partial charge in [0, 0.05) is 12.1 Å². The van der Waals surface area contributed by atoms with Gasteiger partial charge in [0.15, 0.2) is 0 Å². The lowest BCUT2D eigenvalue weighted by Gasteiger charge is -2.25. The van der Waals surface area contributed by atoms with Crippen molar-refractivity contribution in [1.82, 2.24) is 9.38 Å². The number of fused-ring (bicyclic) bond motifs is 2. The fraction of sp³-hybridized carbons (Fsp3) is 0.357. The normalized spacial score (nSPS) is 18.2. The first kappa shape index (κ1) is 13.1.